The van der Waals surface area contributed by atoms with Crippen LogP contribution in [0.4, 0.5) is 0 Å². The van der Waals surface area contributed by atoms with Crippen molar-refractivity contribution >= 4 is 29.4 Å². The number of amides is 2. The molecular weight excluding hydrogens is 628 g/mol. The zero-order valence-corrected chi connectivity index (χ0v) is 31.1. The number of nitrogens with zero attached hydrogens (tertiary/aromatic N) is 1. The van der Waals surface area contributed by atoms with Crippen LogP contribution in [0.1, 0.15) is 92.6 Å². The molecule has 2 saturated carbocycles. The van der Waals surface area contributed by atoms with Crippen LogP contribution < -0.4 is 5.32 Å². The van der Waals surface area contributed by atoms with E-state index in [0.29, 0.717) is 30.4 Å². The number of ketones is 2. The van der Waals surface area contributed by atoms with Gasteiger partial charge >= 0.3 is 5.97 Å². The van der Waals surface area contributed by atoms with E-state index >= 15 is 4.79 Å². The lowest BCUT2D eigenvalue weighted by molar-refractivity contribution is -0.175. The predicted molar refractivity (Wildman–Crippen MR) is 191 cm³/mol. The first-order valence-corrected chi connectivity index (χ1v) is 18.4. The molecule has 7 atom stereocenters. The summed E-state index contributed by atoms with van der Waals surface area (Å²) in [5.74, 6) is -1.02. The first kappa shape index (κ1) is 36.0. The maximum absolute atomic E-state index is 15.4. The normalized spacial score (nSPS) is 32.1. The fourth-order valence-corrected chi connectivity index (χ4v) is 11.0. The van der Waals surface area contributed by atoms with Crippen LogP contribution in [0.2, 0.25) is 0 Å². The van der Waals surface area contributed by atoms with Crippen LogP contribution in [-0.2, 0) is 35.1 Å². The number of benzene rings is 1. The van der Waals surface area contributed by atoms with E-state index in [9.17, 15) is 19.2 Å². The maximum Gasteiger partial charge on any atom is 0.328 e. The van der Waals surface area contributed by atoms with Gasteiger partial charge in [0.1, 0.15) is 12.6 Å². The van der Waals surface area contributed by atoms with Gasteiger partial charge in [0.2, 0.25) is 11.8 Å². The van der Waals surface area contributed by atoms with Crippen molar-refractivity contribution in [3.63, 3.8) is 0 Å². The van der Waals surface area contributed by atoms with Crippen molar-refractivity contribution in [1.29, 1.82) is 0 Å². The highest BCUT2D eigenvalue weighted by molar-refractivity contribution is 6.22. The highest BCUT2D eigenvalue weighted by Crippen LogP contribution is 2.72. The Hall–Kier alpha value is -3.81. The lowest BCUT2D eigenvalue weighted by Gasteiger charge is -2.67. The Labute approximate surface area is 297 Å². The van der Waals surface area contributed by atoms with E-state index in [2.05, 4.69) is 32.2 Å². The van der Waals surface area contributed by atoms with E-state index in [-0.39, 0.29) is 65.4 Å². The lowest BCUT2D eigenvalue weighted by atomic mass is 9.36. The second-order valence-electron chi connectivity index (χ2n) is 17.4. The monoisotopic (exact) mass is 682 g/mol. The number of nitrogens with one attached hydrogen (secondary N) is 1. The number of allylic oxidation sites excluding steroid dienone is 6. The summed E-state index contributed by atoms with van der Waals surface area (Å²) in [6, 6.07) is 8.53. The third-order valence-electron chi connectivity index (χ3n) is 12.9. The third kappa shape index (κ3) is 5.80. The molecule has 8 heteroatoms. The summed E-state index contributed by atoms with van der Waals surface area (Å²) in [7, 11) is 1.32. The summed E-state index contributed by atoms with van der Waals surface area (Å²) < 4.78 is 5.31. The molecule has 2 fully saturated rings. The van der Waals surface area contributed by atoms with Gasteiger partial charge in [-0.15, -0.1) is 0 Å². The lowest BCUT2D eigenvalue weighted by Crippen LogP contribution is -2.64. The Bertz CT molecular complexity index is 1700. The van der Waals surface area contributed by atoms with Crippen LogP contribution in [0.5, 0.6) is 0 Å². The summed E-state index contributed by atoms with van der Waals surface area (Å²) >= 11 is 0. The van der Waals surface area contributed by atoms with Crippen molar-refractivity contribution in [2.45, 2.75) is 105 Å². The van der Waals surface area contributed by atoms with Crippen LogP contribution in [0.25, 0.3) is 0 Å². The van der Waals surface area contributed by atoms with Gasteiger partial charge in [-0.05, 0) is 93.8 Å². The van der Waals surface area contributed by atoms with Crippen LogP contribution in [-0.4, -0.2) is 59.5 Å². The fraction of sp³-hybridized carbons (Fsp3) is 0.595. The number of rotatable bonds is 8. The molecule has 1 aromatic carbocycles. The SMILES string of the molecule is COC(=O)[C@H](Cc1ccccc1)N(CC(=O)NC(C)(C)C)C(=O)C1(C)CCCC2(C)C1CCC13C=C(C(C)C)C(CC12)C1=C3C(=O)C=CC1=O. The average molecular weight is 683 g/mol. The van der Waals surface area contributed by atoms with Crippen LogP contribution in [0, 0.1) is 39.9 Å². The van der Waals surface area contributed by atoms with Gasteiger partial charge in [-0.3, -0.25) is 19.2 Å². The molecule has 268 valence electrons. The van der Waals surface area contributed by atoms with Crippen molar-refractivity contribution in [3.05, 3.63) is 70.8 Å². The average Bonchev–Trinajstić information content (AvgIpc) is 3.06. The molecule has 0 aliphatic heterocycles. The number of esters is 1. The smallest absolute Gasteiger partial charge is 0.328 e. The van der Waals surface area contributed by atoms with Crippen LogP contribution in [0.15, 0.2) is 65.3 Å². The summed E-state index contributed by atoms with van der Waals surface area (Å²) in [6.07, 6.45) is 9.97. The highest BCUT2D eigenvalue weighted by atomic mass is 16.5. The molecule has 6 aliphatic rings. The molecule has 0 heterocycles. The van der Waals surface area contributed by atoms with Gasteiger partial charge in [-0.2, -0.15) is 0 Å². The zero-order valence-electron chi connectivity index (χ0n) is 31.1. The summed E-state index contributed by atoms with van der Waals surface area (Å²) in [5.41, 5.74) is 1.25. The van der Waals surface area contributed by atoms with Gasteiger partial charge in [0.05, 0.1) is 7.11 Å². The number of methoxy groups -OCH3 is 1. The van der Waals surface area contributed by atoms with Crippen molar-refractivity contribution in [1.82, 2.24) is 10.2 Å². The first-order valence-electron chi connectivity index (χ1n) is 18.4. The Kier molecular flexibility index (Phi) is 9.18. The minimum absolute atomic E-state index is 0.0407. The Morgan fingerprint density at radius 1 is 0.980 bits per heavy atom. The molecule has 50 heavy (non-hydrogen) atoms. The minimum Gasteiger partial charge on any atom is -0.467 e. The fourth-order valence-electron chi connectivity index (χ4n) is 11.0. The van der Waals surface area contributed by atoms with Crippen molar-refractivity contribution < 1.29 is 28.7 Å². The van der Waals surface area contributed by atoms with E-state index < -0.39 is 28.4 Å². The molecule has 0 radical (unpaired) electrons. The van der Waals surface area contributed by atoms with Gasteiger partial charge in [0, 0.05) is 39.9 Å². The molecule has 0 saturated heterocycles. The first-order chi connectivity index (χ1) is 23.5. The molecule has 6 aliphatic carbocycles. The second-order valence-corrected chi connectivity index (χ2v) is 17.4. The number of carbonyl (C=O) groups excluding carboxylic acids is 5. The summed E-state index contributed by atoms with van der Waals surface area (Å²) in [6.45, 7) is 14.1. The molecule has 8 nitrogen and oxygen atoms in total. The molecule has 1 aromatic rings. The highest BCUT2D eigenvalue weighted by Gasteiger charge is 2.68. The number of hydrogen-bond acceptors (Lipinski definition) is 6. The molecule has 6 unspecified atom stereocenters. The standard InChI is InChI=1S/C42H54N2O6/c1-25(2)28-23-42-20-17-32-40(6,33(42)22-27(28)35-30(45)15-16-31(46)36(35)42)18-12-19-41(32,7)38(49)44(24-34(47)43-39(3,4)5)29(37(48)50-8)21-26-13-10-9-11-14-26/h9-11,13-16,23,25,27,29,32-33H,12,17-22,24H2,1-8H3,(H,43,47)/t27?,29-,32?,33?,40?,41?,42?/m0/s1. The molecular formula is C42H54N2O6. The van der Waals surface area contributed by atoms with Gasteiger partial charge < -0.3 is 15.0 Å². The second kappa shape index (κ2) is 12.8. The number of hydrogen-bond donors (Lipinski definition) is 1. The van der Waals surface area contributed by atoms with E-state index in [1.165, 1.54) is 29.7 Å². The van der Waals surface area contributed by atoms with Crippen molar-refractivity contribution in [2.24, 2.45) is 39.9 Å². The molecule has 7 rings (SSSR count). The van der Waals surface area contributed by atoms with Crippen molar-refractivity contribution in [2.75, 3.05) is 13.7 Å². The zero-order chi connectivity index (χ0) is 36.4. The van der Waals surface area contributed by atoms with E-state index in [0.717, 1.165) is 24.8 Å². The number of fused-ring (bicyclic) bond motifs is 1. The quantitative estimate of drug-likeness (QED) is 0.195. The van der Waals surface area contributed by atoms with Crippen molar-refractivity contribution in [3.8, 4) is 0 Å². The predicted octanol–water partition coefficient (Wildman–Crippen LogP) is 6.34. The summed E-state index contributed by atoms with van der Waals surface area (Å²) in [4.78, 5) is 71.2. The van der Waals surface area contributed by atoms with Crippen LogP contribution >= 0.6 is 0 Å². The van der Waals surface area contributed by atoms with Gasteiger partial charge in [-0.1, -0.05) is 76.1 Å². The van der Waals surface area contributed by atoms with Gasteiger partial charge in [-0.25, -0.2) is 4.79 Å². The van der Waals surface area contributed by atoms with Gasteiger partial charge in [0.15, 0.2) is 11.6 Å². The Balaban J connectivity index is 1.42. The molecule has 1 N–H and O–H groups in total. The Morgan fingerprint density at radius 3 is 2.30 bits per heavy atom. The topological polar surface area (TPSA) is 110 Å². The molecule has 2 bridgehead atoms. The number of ether oxygens (including phenoxy) is 1. The Morgan fingerprint density at radius 2 is 1.66 bits per heavy atom. The third-order valence-corrected chi connectivity index (χ3v) is 12.9. The van der Waals surface area contributed by atoms with Crippen LogP contribution in [0.3, 0.4) is 0 Å². The summed E-state index contributed by atoms with van der Waals surface area (Å²) in [5, 5.41) is 3.00. The largest absolute Gasteiger partial charge is 0.467 e. The van der Waals surface area contributed by atoms with E-state index in [4.69, 9.17) is 4.74 Å². The maximum atomic E-state index is 15.4. The molecule has 1 spiro atoms. The number of carbonyl (C=O) groups is 5. The molecule has 2 amide bonds. The molecule has 0 aromatic heterocycles. The van der Waals surface area contributed by atoms with Gasteiger partial charge in [0.25, 0.3) is 0 Å². The minimum atomic E-state index is -0.992. The van der Waals surface area contributed by atoms with E-state index in [1.54, 1.807) is 0 Å². The van der Waals surface area contributed by atoms with E-state index in [1.807, 2.05) is 58.0 Å².